The number of nitrogens with zero attached hydrogens (tertiary/aromatic N) is 1. The maximum atomic E-state index is 12.6. The Morgan fingerprint density at radius 2 is 1.88 bits per heavy atom. The minimum atomic E-state index is 0.247. The molecule has 3 heteroatoms. The molecule has 1 atom stereocenters. The maximum Gasteiger partial charge on any atom is 0.222 e. The van der Waals surface area contributed by atoms with Crippen LogP contribution in [0, 0.1) is 0 Å². The van der Waals surface area contributed by atoms with Gasteiger partial charge in [-0.05, 0) is 42.9 Å². The van der Waals surface area contributed by atoms with Crippen molar-refractivity contribution in [1.29, 1.82) is 0 Å². The number of benzene rings is 2. The van der Waals surface area contributed by atoms with Gasteiger partial charge in [-0.25, -0.2) is 0 Å². The minimum Gasteiger partial charge on any atom is -0.358 e. The highest BCUT2D eigenvalue weighted by Crippen LogP contribution is 2.30. The summed E-state index contributed by atoms with van der Waals surface area (Å²) in [6, 6.07) is 19.0. The fraction of sp³-hybridized carbons (Fsp3) is 0.318. The number of likely N-dealkylation sites (N-methyl/N-ethyl adjacent to an activating group) is 1. The smallest absolute Gasteiger partial charge is 0.222 e. The zero-order chi connectivity index (χ0) is 17.2. The Balaban J connectivity index is 1.44. The van der Waals surface area contributed by atoms with Gasteiger partial charge in [0.25, 0.3) is 0 Å². The Hall–Kier alpha value is -2.55. The van der Waals surface area contributed by atoms with Crippen LogP contribution in [0.4, 0.5) is 0 Å². The molecule has 3 nitrogen and oxygen atoms in total. The first kappa shape index (κ1) is 15.9. The number of fused-ring (bicyclic) bond motifs is 3. The van der Waals surface area contributed by atoms with Crippen LogP contribution in [-0.2, 0) is 24.1 Å². The van der Waals surface area contributed by atoms with Gasteiger partial charge in [-0.3, -0.25) is 4.79 Å². The second kappa shape index (κ2) is 6.75. The Labute approximate surface area is 148 Å². The molecule has 1 unspecified atom stereocenters. The van der Waals surface area contributed by atoms with E-state index in [0.29, 0.717) is 12.5 Å². The number of aromatic amines is 1. The summed E-state index contributed by atoms with van der Waals surface area (Å²) >= 11 is 0. The largest absolute Gasteiger partial charge is 0.358 e. The van der Waals surface area contributed by atoms with Crippen LogP contribution in [0.25, 0.3) is 10.9 Å². The van der Waals surface area contributed by atoms with Gasteiger partial charge >= 0.3 is 0 Å². The normalized spacial score (nSPS) is 16.6. The summed E-state index contributed by atoms with van der Waals surface area (Å²) in [5.74, 6) is 0.247. The third-order valence-electron chi connectivity index (χ3n) is 5.48. The van der Waals surface area contributed by atoms with E-state index in [1.54, 1.807) is 0 Å². The number of hydrogen-bond acceptors (Lipinski definition) is 1. The number of aromatic nitrogens is 1. The van der Waals surface area contributed by atoms with E-state index < -0.39 is 0 Å². The number of H-pyrrole nitrogens is 1. The molecule has 3 aromatic rings. The Morgan fingerprint density at radius 1 is 1.12 bits per heavy atom. The van der Waals surface area contributed by atoms with E-state index >= 15 is 0 Å². The molecule has 25 heavy (non-hydrogen) atoms. The predicted molar refractivity (Wildman–Crippen MR) is 102 cm³/mol. The second-order valence-electron chi connectivity index (χ2n) is 7.01. The molecular weight excluding hydrogens is 308 g/mol. The summed E-state index contributed by atoms with van der Waals surface area (Å²) < 4.78 is 0. The zero-order valence-corrected chi connectivity index (χ0v) is 14.7. The number of carbonyl (C=O) groups excluding carboxylic acids is 1. The molecule has 4 rings (SSSR count). The van der Waals surface area contributed by atoms with Crippen LogP contribution in [0.2, 0.25) is 0 Å². The lowest BCUT2D eigenvalue weighted by Gasteiger charge is -2.31. The van der Waals surface area contributed by atoms with Crippen molar-refractivity contribution in [2.75, 3.05) is 7.05 Å². The van der Waals surface area contributed by atoms with Gasteiger partial charge in [-0.1, -0.05) is 48.5 Å². The van der Waals surface area contributed by atoms with E-state index in [4.69, 9.17) is 0 Å². The van der Waals surface area contributed by atoms with Crippen LogP contribution >= 0.6 is 0 Å². The third-order valence-corrected chi connectivity index (χ3v) is 5.48. The minimum absolute atomic E-state index is 0.247. The summed E-state index contributed by atoms with van der Waals surface area (Å²) in [6.07, 6.45) is 4.40. The molecule has 1 aliphatic rings. The van der Waals surface area contributed by atoms with Gasteiger partial charge in [0.1, 0.15) is 0 Å². The average molecular weight is 332 g/mol. The topological polar surface area (TPSA) is 36.1 Å². The van der Waals surface area contributed by atoms with Crippen molar-refractivity contribution in [1.82, 2.24) is 9.88 Å². The first-order valence-corrected chi connectivity index (χ1v) is 9.10. The summed E-state index contributed by atoms with van der Waals surface area (Å²) in [7, 11) is 1.97. The van der Waals surface area contributed by atoms with Gasteiger partial charge in [-0.15, -0.1) is 0 Å². The lowest BCUT2D eigenvalue weighted by Crippen LogP contribution is -2.40. The molecule has 1 aromatic heterocycles. The van der Waals surface area contributed by atoms with Crippen molar-refractivity contribution >= 4 is 16.8 Å². The molecule has 0 fully saturated rings. The lowest BCUT2D eigenvalue weighted by molar-refractivity contribution is -0.132. The van der Waals surface area contributed by atoms with Crippen LogP contribution in [0.3, 0.4) is 0 Å². The highest BCUT2D eigenvalue weighted by Gasteiger charge is 2.27. The van der Waals surface area contributed by atoms with Gasteiger partial charge in [0, 0.05) is 36.1 Å². The quantitative estimate of drug-likeness (QED) is 0.766. The van der Waals surface area contributed by atoms with Crippen LogP contribution in [0.15, 0.2) is 54.6 Å². The van der Waals surface area contributed by atoms with Gasteiger partial charge in [-0.2, -0.15) is 0 Å². The standard InChI is InChI=1S/C22H24N2O/c1-24(22(25)14-11-16-7-3-2-4-8-16)17-12-13-21-19(15-17)18-9-5-6-10-20(18)23-21/h2-10,17,23H,11-15H2,1H3. The number of carbonyl (C=O) groups is 1. The second-order valence-corrected chi connectivity index (χ2v) is 7.01. The molecule has 1 N–H and O–H groups in total. The fourth-order valence-electron chi connectivity index (χ4n) is 3.96. The molecule has 0 aliphatic heterocycles. The summed E-state index contributed by atoms with van der Waals surface area (Å²) in [4.78, 5) is 18.2. The number of aryl methyl sites for hydroxylation is 2. The first-order valence-electron chi connectivity index (χ1n) is 9.10. The SMILES string of the molecule is CN(C(=O)CCc1ccccc1)C1CCc2[nH]c3ccccc3c2C1. The molecule has 0 saturated heterocycles. The van der Waals surface area contributed by atoms with E-state index in [2.05, 4.69) is 41.4 Å². The molecule has 128 valence electrons. The average Bonchev–Trinajstić information content (AvgIpc) is 3.04. The van der Waals surface area contributed by atoms with Gasteiger partial charge in [0.15, 0.2) is 0 Å². The molecule has 1 aliphatic carbocycles. The maximum absolute atomic E-state index is 12.6. The van der Waals surface area contributed by atoms with E-state index in [1.165, 1.54) is 27.7 Å². The van der Waals surface area contributed by atoms with E-state index in [0.717, 1.165) is 25.7 Å². The molecule has 1 amide bonds. The van der Waals surface area contributed by atoms with Crippen LogP contribution in [0.1, 0.15) is 29.7 Å². The predicted octanol–water partition coefficient (Wildman–Crippen LogP) is 4.12. The van der Waals surface area contributed by atoms with Gasteiger partial charge < -0.3 is 9.88 Å². The number of amides is 1. The molecule has 2 aromatic carbocycles. The molecule has 0 bridgehead atoms. The monoisotopic (exact) mass is 332 g/mol. The van der Waals surface area contributed by atoms with Crippen molar-refractivity contribution in [2.45, 2.75) is 38.1 Å². The van der Waals surface area contributed by atoms with Crippen molar-refractivity contribution < 1.29 is 4.79 Å². The molecular formula is C22H24N2O. The third kappa shape index (κ3) is 3.19. The van der Waals surface area contributed by atoms with Crippen LogP contribution in [0.5, 0.6) is 0 Å². The molecule has 0 radical (unpaired) electrons. The molecule has 0 spiro atoms. The number of rotatable bonds is 4. The Bertz CT molecular complexity index is 881. The number of hydrogen-bond donors (Lipinski definition) is 1. The number of nitrogens with one attached hydrogen (secondary N) is 1. The van der Waals surface area contributed by atoms with Crippen LogP contribution < -0.4 is 0 Å². The van der Waals surface area contributed by atoms with Crippen molar-refractivity contribution in [2.24, 2.45) is 0 Å². The van der Waals surface area contributed by atoms with Crippen molar-refractivity contribution in [3.05, 3.63) is 71.4 Å². The lowest BCUT2D eigenvalue weighted by atomic mass is 9.90. The zero-order valence-electron chi connectivity index (χ0n) is 14.7. The Morgan fingerprint density at radius 3 is 2.72 bits per heavy atom. The van der Waals surface area contributed by atoms with E-state index in [1.807, 2.05) is 30.1 Å². The molecule has 0 saturated carbocycles. The summed E-state index contributed by atoms with van der Waals surface area (Å²) in [5, 5.41) is 1.31. The van der Waals surface area contributed by atoms with E-state index in [9.17, 15) is 4.79 Å². The summed E-state index contributed by atoms with van der Waals surface area (Å²) in [6.45, 7) is 0. The van der Waals surface area contributed by atoms with Crippen LogP contribution in [-0.4, -0.2) is 28.9 Å². The van der Waals surface area contributed by atoms with Gasteiger partial charge in [0.05, 0.1) is 0 Å². The highest BCUT2D eigenvalue weighted by molar-refractivity contribution is 5.85. The first-order chi connectivity index (χ1) is 12.2. The van der Waals surface area contributed by atoms with Crippen molar-refractivity contribution in [3.8, 4) is 0 Å². The molecule has 1 heterocycles. The summed E-state index contributed by atoms with van der Waals surface area (Å²) in [5.41, 5.74) is 5.19. The fourth-order valence-corrected chi connectivity index (χ4v) is 3.96. The number of para-hydroxylation sites is 1. The van der Waals surface area contributed by atoms with Crippen molar-refractivity contribution in [3.63, 3.8) is 0 Å². The van der Waals surface area contributed by atoms with E-state index in [-0.39, 0.29) is 5.91 Å². The highest BCUT2D eigenvalue weighted by atomic mass is 16.2. The van der Waals surface area contributed by atoms with Gasteiger partial charge in [0.2, 0.25) is 5.91 Å². The Kier molecular flexibility index (Phi) is 4.31.